The largest absolute Gasteiger partial charge is 0.369 e. The Hall–Kier alpha value is -2.78. The second-order valence-corrected chi connectivity index (χ2v) is 6.29. The number of benzene rings is 1. The highest BCUT2D eigenvalue weighted by Gasteiger charge is 2.16. The van der Waals surface area contributed by atoms with Crippen molar-refractivity contribution in [3.8, 4) is 17.5 Å². The van der Waals surface area contributed by atoms with Crippen LogP contribution in [0.1, 0.15) is 10.4 Å². The van der Waals surface area contributed by atoms with E-state index in [1.54, 1.807) is 6.34 Å². The molecule has 0 atom stereocenters. The third kappa shape index (κ3) is 2.91. The quantitative estimate of drug-likeness (QED) is 0.544. The van der Waals surface area contributed by atoms with Crippen LogP contribution in [-0.2, 0) is 0 Å². The smallest absolute Gasteiger partial charge is 0.166 e. The molecule has 2 aromatic heterocycles. The summed E-state index contributed by atoms with van der Waals surface area (Å²) in [6.45, 7) is 1.91. The van der Waals surface area contributed by atoms with E-state index in [2.05, 4.69) is 21.0 Å². The Bertz CT molecular complexity index is 920. The highest BCUT2D eigenvalue weighted by atomic mass is 32.1. The van der Waals surface area contributed by atoms with Crippen molar-refractivity contribution >= 4 is 33.7 Å². The van der Waals surface area contributed by atoms with Crippen LogP contribution < -0.4 is 0 Å². The van der Waals surface area contributed by atoms with Crippen LogP contribution >= 0.6 is 11.3 Å². The molecule has 0 bridgehead atoms. The number of hydrogen-bond acceptors (Lipinski definition) is 5. The van der Waals surface area contributed by atoms with Gasteiger partial charge in [-0.25, -0.2) is 15.0 Å². The number of aliphatic imine (C=N–C) groups is 1. The first kappa shape index (κ1) is 15.1. The molecule has 2 heterocycles. The van der Waals surface area contributed by atoms with Gasteiger partial charge in [-0.15, -0.1) is 11.3 Å². The lowest BCUT2D eigenvalue weighted by Gasteiger charge is -2.05. The minimum atomic E-state index is 0.595. The molecule has 6 heteroatoms. The average molecular weight is 321 g/mol. The van der Waals surface area contributed by atoms with Crippen molar-refractivity contribution in [1.29, 1.82) is 5.26 Å². The van der Waals surface area contributed by atoms with E-state index in [4.69, 9.17) is 0 Å². The maximum atomic E-state index is 9.28. The van der Waals surface area contributed by atoms with E-state index < -0.39 is 0 Å². The average Bonchev–Trinajstić information content (AvgIpc) is 2.89. The van der Waals surface area contributed by atoms with Crippen molar-refractivity contribution in [2.45, 2.75) is 6.92 Å². The second-order valence-electron chi connectivity index (χ2n) is 5.29. The molecule has 0 amide bonds. The predicted octanol–water partition coefficient (Wildman–Crippen LogP) is 3.76. The molecule has 114 valence electrons. The number of fused-ring (bicyclic) bond motifs is 1. The zero-order chi connectivity index (χ0) is 16.4. The zero-order valence-electron chi connectivity index (χ0n) is 13.1. The van der Waals surface area contributed by atoms with E-state index in [1.807, 2.05) is 56.3 Å². The van der Waals surface area contributed by atoms with Crippen molar-refractivity contribution in [2.75, 3.05) is 14.1 Å². The van der Waals surface area contributed by atoms with Crippen molar-refractivity contribution in [2.24, 2.45) is 4.99 Å². The summed E-state index contributed by atoms with van der Waals surface area (Å²) in [5.41, 5.74) is 1.82. The van der Waals surface area contributed by atoms with Gasteiger partial charge in [0.1, 0.15) is 15.8 Å². The van der Waals surface area contributed by atoms with Crippen LogP contribution in [0.3, 0.4) is 0 Å². The summed E-state index contributed by atoms with van der Waals surface area (Å²) < 4.78 is 0. The summed E-state index contributed by atoms with van der Waals surface area (Å²) >= 11 is 1.38. The molecular weight excluding hydrogens is 306 g/mol. The Labute approximate surface area is 138 Å². The van der Waals surface area contributed by atoms with Crippen molar-refractivity contribution < 1.29 is 0 Å². The van der Waals surface area contributed by atoms with E-state index in [9.17, 15) is 5.26 Å². The molecule has 0 unspecified atom stereocenters. The summed E-state index contributed by atoms with van der Waals surface area (Å²) in [4.78, 5) is 17.0. The third-order valence-electron chi connectivity index (χ3n) is 3.32. The topological polar surface area (TPSA) is 65.2 Å². The maximum absolute atomic E-state index is 9.28. The van der Waals surface area contributed by atoms with Crippen molar-refractivity contribution in [3.63, 3.8) is 0 Å². The lowest BCUT2D eigenvalue weighted by atomic mass is 10.2. The molecule has 0 saturated heterocycles. The fourth-order valence-corrected chi connectivity index (χ4v) is 3.18. The van der Waals surface area contributed by atoms with Gasteiger partial charge in [-0.05, 0) is 12.5 Å². The molecule has 0 N–H and O–H groups in total. The Balaban J connectivity index is 2.28. The van der Waals surface area contributed by atoms with Gasteiger partial charge in [0.25, 0.3) is 0 Å². The second kappa shape index (κ2) is 6.15. The molecule has 1 aromatic carbocycles. The van der Waals surface area contributed by atoms with Crippen LogP contribution in [0.25, 0.3) is 21.6 Å². The number of nitriles is 1. The number of aromatic nitrogens is 2. The third-order valence-corrected chi connectivity index (χ3v) is 4.41. The normalized spacial score (nSPS) is 11.0. The minimum absolute atomic E-state index is 0.595. The number of aryl methyl sites for hydroxylation is 1. The summed E-state index contributed by atoms with van der Waals surface area (Å²) in [5, 5.41) is 10.1. The summed E-state index contributed by atoms with van der Waals surface area (Å²) in [7, 11) is 3.81. The van der Waals surface area contributed by atoms with Gasteiger partial charge in [0.15, 0.2) is 11.6 Å². The molecule has 0 aliphatic heterocycles. The van der Waals surface area contributed by atoms with Gasteiger partial charge in [-0.1, -0.05) is 30.3 Å². The van der Waals surface area contributed by atoms with Crippen LogP contribution in [0.15, 0.2) is 35.3 Å². The SMILES string of the molecule is Cc1c(C#N)sc2nc(-c3ccccc3)nc(N=CN(C)C)c12. The Morgan fingerprint density at radius 2 is 1.96 bits per heavy atom. The van der Waals surface area contributed by atoms with Crippen LogP contribution in [0.5, 0.6) is 0 Å². The summed E-state index contributed by atoms with van der Waals surface area (Å²) in [6.07, 6.45) is 1.71. The zero-order valence-corrected chi connectivity index (χ0v) is 13.9. The van der Waals surface area contributed by atoms with Gasteiger partial charge in [-0.3, -0.25) is 0 Å². The Kier molecular flexibility index (Phi) is 4.04. The lowest BCUT2D eigenvalue weighted by Crippen LogP contribution is -2.07. The van der Waals surface area contributed by atoms with Gasteiger partial charge in [0.2, 0.25) is 0 Å². The van der Waals surface area contributed by atoms with E-state index >= 15 is 0 Å². The first-order valence-corrected chi connectivity index (χ1v) is 7.89. The molecule has 0 aliphatic rings. The Morgan fingerprint density at radius 1 is 1.22 bits per heavy atom. The molecule has 0 radical (unpaired) electrons. The molecule has 0 aliphatic carbocycles. The van der Waals surface area contributed by atoms with E-state index in [-0.39, 0.29) is 0 Å². The van der Waals surface area contributed by atoms with E-state index in [1.165, 1.54) is 11.3 Å². The predicted molar refractivity (Wildman–Crippen MR) is 94.1 cm³/mol. The molecule has 0 saturated carbocycles. The number of thiophene rings is 1. The van der Waals surface area contributed by atoms with Crippen molar-refractivity contribution in [1.82, 2.24) is 14.9 Å². The van der Waals surface area contributed by atoms with Crippen LogP contribution in [-0.4, -0.2) is 35.3 Å². The number of nitrogens with zero attached hydrogens (tertiary/aromatic N) is 5. The van der Waals surface area contributed by atoms with Gasteiger partial charge in [0.05, 0.1) is 11.7 Å². The molecule has 0 spiro atoms. The molecule has 0 fully saturated rings. The molecule has 5 nitrogen and oxygen atoms in total. The highest BCUT2D eigenvalue weighted by Crippen LogP contribution is 2.36. The van der Waals surface area contributed by atoms with Gasteiger partial charge in [-0.2, -0.15) is 5.26 Å². The van der Waals surface area contributed by atoms with E-state index in [0.717, 1.165) is 21.3 Å². The number of hydrogen-bond donors (Lipinski definition) is 0. The summed E-state index contributed by atoms with van der Waals surface area (Å²) in [6, 6.07) is 12.0. The van der Waals surface area contributed by atoms with Crippen LogP contribution in [0.4, 0.5) is 5.82 Å². The maximum Gasteiger partial charge on any atom is 0.166 e. The number of rotatable bonds is 3. The molecular formula is C17H15N5S. The Morgan fingerprint density at radius 3 is 2.61 bits per heavy atom. The highest BCUT2D eigenvalue weighted by molar-refractivity contribution is 7.19. The molecule has 23 heavy (non-hydrogen) atoms. The first-order chi connectivity index (χ1) is 11.1. The lowest BCUT2D eigenvalue weighted by molar-refractivity contribution is 0.643. The molecule has 3 rings (SSSR count). The first-order valence-electron chi connectivity index (χ1n) is 7.07. The standard InChI is InChI=1S/C17H15N5S/c1-11-13(9-18)23-17-14(11)16(19-10-22(2)3)20-15(21-17)12-7-5-4-6-8-12/h4-8,10H,1-3H3. The van der Waals surface area contributed by atoms with Gasteiger partial charge >= 0.3 is 0 Å². The minimum Gasteiger partial charge on any atom is -0.369 e. The van der Waals surface area contributed by atoms with Gasteiger partial charge < -0.3 is 4.90 Å². The van der Waals surface area contributed by atoms with Gasteiger partial charge in [0, 0.05) is 19.7 Å². The fourth-order valence-electron chi connectivity index (χ4n) is 2.20. The summed E-state index contributed by atoms with van der Waals surface area (Å²) in [5.74, 6) is 1.22. The van der Waals surface area contributed by atoms with Crippen molar-refractivity contribution in [3.05, 3.63) is 40.8 Å². The molecule has 3 aromatic rings. The van der Waals surface area contributed by atoms with E-state index in [0.29, 0.717) is 16.5 Å². The van der Waals surface area contributed by atoms with Crippen LogP contribution in [0, 0.1) is 18.3 Å². The van der Waals surface area contributed by atoms with Crippen LogP contribution in [0.2, 0.25) is 0 Å². The fraction of sp³-hybridized carbons (Fsp3) is 0.176. The monoisotopic (exact) mass is 321 g/mol.